The molecule has 1 aliphatic rings. The van der Waals surface area contributed by atoms with Gasteiger partial charge in [-0.1, -0.05) is 20.3 Å². The summed E-state index contributed by atoms with van der Waals surface area (Å²) < 4.78 is 0. The molecule has 5 nitrogen and oxygen atoms in total. The Kier molecular flexibility index (Phi) is 7.30. The second kappa shape index (κ2) is 8.47. The van der Waals surface area contributed by atoms with Gasteiger partial charge in [-0.3, -0.25) is 4.90 Å². The van der Waals surface area contributed by atoms with Gasteiger partial charge in [0.05, 0.1) is 0 Å². The summed E-state index contributed by atoms with van der Waals surface area (Å²) in [5, 5.41) is 6.04. The first kappa shape index (κ1) is 17.2. The molecule has 20 heavy (non-hydrogen) atoms. The average molecular weight is 284 g/mol. The summed E-state index contributed by atoms with van der Waals surface area (Å²) in [6.45, 7) is 10.4. The Labute approximate surface area is 124 Å². The number of hydrogen-bond donors (Lipinski definition) is 2. The molecule has 0 aromatic carbocycles. The summed E-state index contributed by atoms with van der Waals surface area (Å²) in [6.07, 6.45) is 2.20. The molecule has 0 bridgehead atoms. The Morgan fingerprint density at radius 3 is 2.65 bits per heavy atom. The summed E-state index contributed by atoms with van der Waals surface area (Å²) in [4.78, 5) is 16.5. The molecule has 1 fully saturated rings. The lowest BCUT2D eigenvalue weighted by atomic mass is 10.0. The topological polar surface area (TPSA) is 47.6 Å². The Morgan fingerprint density at radius 1 is 1.30 bits per heavy atom. The molecule has 1 saturated heterocycles. The fourth-order valence-electron chi connectivity index (χ4n) is 2.64. The first-order valence-corrected chi connectivity index (χ1v) is 7.85. The zero-order valence-electron chi connectivity index (χ0n) is 13.8. The van der Waals surface area contributed by atoms with Gasteiger partial charge in [0, 0.05) is 38.3 Å². The fourth-order valence-corrected chi connectivity index (χ4v) is 2.64. The Bertz CT molecular complexity index is 298. The van der Waals surface area contributed by atoms with E-state index in [1.54, 1.807) is 0 Å². The van der Waals surface area contributed by atoms with Crippen molar-refractivity contribution in [3.8, 4) is 0 Å². The van der Waals surface area contributed by atoms with E-state index in [9.17, 15) is 4.79 Å². The van der Waals surface area contributed by atoms with Crippen LogP contribution in [0.25, 0.3) is 0 Å². The highest BCUT2D eigenvalue weighted by Crippen LogP contribution is 2.09. The van der Waals surface area contributed by atoms with E-state index in [2.05, 4.69) is 55.3 Å². The second-order valence-corrected chi connectivity index (χ2v) is 6.40. The van der Waals surface area contributed by atoms with Crippen molar-refractivity contribution in [3.63, 3.8) is 0 Å². The Balaban J connectivity index is 2.25. The van der Waals surface area contributed by atoms with Crippen molar-refractivity contribution in [1.29, 1.82) is 0 Å². The molecule has 0 unspecified atom stereocenters. The molecule has 3 atom stereocenters. The molecule has 118 valence electrons. The standard InChI is InChI=1S/C15H32N4O/c1-6-12(2)9-13(3)17-15(20)16-10-14-11-18(4)7-8-19(14)5/h12-14H,6-11H2,1-5H3,(H2,16,17,20)/t12-,13-,14-/m0/s1. The van der Waals surface area contributed by atoms with Gasteiger partial charge in [-0.25, -0.2) is 4.79 Å². The van der Waals surface area contributed by atoms with Crippen LogP contribution < -0.4 is 10.6 Å². The highest BCUT2D eigenvalue weighted by Gasteiger charge is 2.22. The first-order valence-electron chi connectivity index (χ1n) is 7.85. The third-order valence-corrected chi connectivity index (χ3v) is 4.31. The van der Waals surface area contributed by atoms with Crippen LogP contribution in [0.4, 0.5) is 4.79 Å². The molecule has 2 N–H and O–H groups in total. The molecule has 0 aliphatic carbocycles. The highest BCUT2D eigenvalue weighted by atomic mass is 16.2. The van der Waals surface area contributed by atoms with Crippen LogP contribution in [0, 0.1) is 5.92 Å². The molecular formula is C15H32N4O. The van der Waals surface area contributed by atoms with E-state index in [4.69, 9.17) is 0 Å². The number of urea groups is 1. The summed E-state index contributed by atoms with van der Waals surface area (Å²) in [5.74, 6) is 0.656. The number of hydrogen-bond acceptors (Lipinski definition) is 3. The van der Waals surface area contributed by atoms with Crippen LogP contribution in [0.5, 0.6) is 0 Å². The molecule has 2 amide bonds. The highest BCUT2D eigenvalue weighted by molar-refractivity contribution is 5.74. The molecule has 0 aromatic rings. The number of nitrogens with one attached hydrogen (secondary N) is 2. The van der Waals surface area contributed by atoms with Crippen LogP contribution in [0.1, 0.15) is 33.6 Å². The summed E-state index contributed by atoms with van der Waals surface area (Å²) >= 11 is 0. The Hall–Kier alpha value is -0.810. The second-order valence-electron chi connectivity index (χ2n) is 6.40. The maximum atomic E-state index is 11.9. The third kappa shape index (κ3) is 6.09. The van der Waals surface area contributed by atoms with E-state index in [-0.39, 0.29) is 12.1 Å². The molecule has 1 rings (SSSR count). The third-order valence-electron chi connectivity index (χ3n) is 4.31. The van der Waals surface area contributed by atoms with E-state index in [0.29, 0.717) is 18.5 Å². The molecule has 0 aromatic heterocycles. The van der Waals surface area contributed by atoms with Crippen molar-refractivity contribution in [2.45, 2.75) is 45.7 Å². The molecule has 0 spiro atoms. The largest absolute Gasteiger partial charge is 0.337 e. The van der Waals surface area contributed by atoms with Gasteiger partial charge >= 0.3 is 6.03 Å². The predicted octanol–water partition coefficient (Wildman–Crippen LogP) is 1.36. The van der Waals surface area contributed by atoms with Gasteiger partial charge in [-0.15, -0.1) is 0 Å². The lowest BCUT2D eigenvalue weighted by molar-refractivity contribution is 0.114. The number of rotatable bonds is 6. The normalized spacial score (nSPS) is 24.1. The van der Waals surface area contributed by atoms with Crippen LogP contribution in [-0.2, 0) is 0 Å². The smallest absolute Gasteiger partial charge is 0.315 e. The van der Waals surface area contributed by atoms with Crippen molar-refractivity contribution < 1.29 is 4.79 Å². The number of nitrogens with zero attached hydrogens (tertiary/aromatic N) is 2. The lowest BCUT2D eigenvalue weighted by Crippen LogP contribution is -2.55. The lowest BCUT2D eigenvalue weighted by Gasteiger charge is -2.37. The van der Waals surface area contributed by atoms with Crippen molar-refractivity contribution in [2.75, 3.05) is 40.3 Å². The predicted molar refractivity (Wildman–Crippen MR) is 84.0 cm³/mol. The number of piperazine rings is 1. The maximum Gasteiger partial charge on any atom is 0.315 e. The summed E-state index contributed by atoms with van der Waals surface area (Å²) in [5.41, 5.74) is 0. The quantitative estimate of drug-likeness (QED) is 0.774. The minimum Gasteiger partial charge on any atom is -0.337 e. The molecule has 5 heteroatoms. The van der Waals surface area contributed by atoms with Crippen molar-refractivity contribution in [2.24, 2.45) is 5.92 Å². The minimum atomic E-state index is -0.0394. The molecule has 0 saturated carbocycles. The minimum absolute atomic E-state index is 0.0394. The fraction of sp³-hybridized carbons (Fsp3) is 0.933. The monoisotopic (exact) mass is 284 g/mol. The van der Waals surface area contributed by atoms with Crippen molar-refractivity contribution in [3.05, 3.63) is 0 Å². The van der Waals surface area contributed by atoms with Crippen molar-refractivity contribution >= 4 is 6.03 Å². The molecule has 1 heterocycles. The SMILES string of the molecule is CC[C@H](C)C[C@H](C)NC(=O)NC[C@H]1CN(C)CCN1C. The van der Waals surface area contributed by atoms with Gasteiger partial charge in [0.25, 0.3) is 0 Å². The first-order chi connectivity index (χ1) is 9.42. The zero-order chi connectivity index (χ0) is 15.1. The van der Waals surface area contributed by atoms with Gasteiger partial charge < -0.3 is 15.5 Å². The van der Waals surface area contributed by atoms with Crippen LogP contribution in [-0.4, -0.2) is 68.2 Å². The van der Waals surface area contributed by atoms with Gasteiger partial charge in [0.2, 0.25) is 0 Å². The van der Waals surface area contributed by atoms with Gasteiger partial charge in [-0.2, -0.15) is 0 Å². The number of carbonyl (C=O) groups excluding carboxylic acids is 1. The number of likely N-dealkylation sites (N-methyl/N-ethyl adjacent to an activating group) is 2. The van der Waals surface area contributed by atoms with Crippen LogP contribution in [0.2, 0.25) is 0 Å². The number of amides is 2. The van der Waals surface area contributed by atoms with Crippen LogP contribution in [0.15, 0.2) is 0 Å². The van der Waals surface area contributed by atoms with E-state index in [1.165, 1.54) is 0 Å². The Morgan fingerprint density at radius 2 is 2.00 bits per heavy atom. The summed E-state index contributed by atoms with van der Waals surface area (Å²) in [6, 6.07) is 0.600. The molecule has 1 aliphatic heterocycles. The van der Waals surface area contributed by atoms with E-state index in [0.717, 1.165) is 32.5 Å². The van der Waals surface area contributed by atoms with Gasteiger partial charge in [0.1, 0.15) is 0 Å². The molecule has 0 radical (unpaired) electrons. The summed E-state index contributed by atoms with van der Waals surface area (Å²) in [7, 11) is 4.26. The van der Waals surface area contributed by atoms with Gasteiger partial charge in [-0.05, 0) is 33.4 Å². The van der Waals surface area contributed by atoms with Crippen LogP contribution in [0.3, 0.4) is 0 Å². The van der Waals surface area contributed by atoms with Crippen molar-refractivity contribution in [1.82, 2.24) is 20.4 Å². The average Bonchev–Trinajstić information content (AvgIpc) is 2.39. The van der Waals surface area contributed by atoms with E-state index < -0.39 is 0 Å². The van der Waals surface area contributed by atoms with E-state index >= 15 is 0 Å². The van der Waals surface area contributed by atoms with Crippen LogP contribution >= 0.6 is 0 Å². The van der Waals surface area contributed by atoms with Gasteiger partial charge in [0.15, 0.2) is 0 Å². The zero-order valence-corrected chi connectivity index (χ0v) is 13.8. The molecular weight excluding hydrogens is 252 g/mol. The maximum absolute atomic E-state index is 11.9. The number of carbonyl (C=O) groups is 1. The van der Waals surface area contributed by atoms with E-state index in [1.807, 2.05) is 0 Å².